The van der Waals surface area contributed by atoms with Crippen molar-refractivity contribution in [1.82, 2.24) is 4.98 Å². The molecule has 0 spiro atoms. The Labute approximate surface area is 171 Å². The van der Waals surface area contributed by atoms with Crippen LogP contribution >= 0.6 is 0 Å². The minimum Gasteiger partial charge on any atom is -0.490 e. The van der Waals surface area contributed by atoms with E-state index in [9.17, 15) is 4.79 Å². The third-order valence-electron chi connectivity index (χ3n) is 4.63. The molecule has 0 saturated heterocycles. The minimum atomic E-state index is -0.408. The van der Waals surface area contributed by atoms with Crippen molar-refractivity contribution in [2.24, 2.45) is 5.73 Å². The summed E-state index contributed by atoms with van der Waals surface area (Å²) in [6.45, 7) is 7.01. The van der Waals surface area contributed by atoms with Crippen LogP contribution in [0.5, 0.6) is 11.5 Å². The van der Waals surface area contributed by atoms with Gasteiger partial charge in [0.2, 0.25) is 5.91 Å². The Morgan fingerprint density at radius 1 is 1.03 bits per heavy atom. The van der Waals surface area contributed by atoms with Crippen LogP contribution < -0.4 is 20.5 Å². The van der Waals surface area contributed by atoms with Gasteiger partial charge in [0, 0.05) is 28.9 Å². The lowest BCUT2D eigenvalue weighted by atomic mass is 10.0. The molecular formula is C23H27N3O3. The number of para-hydroxylation sites is 1. The van der Waals surface area contributed by atoms with E-state index in [0.29, 0.717) is 24.7 Å². The lowest BCUT2D eigenvalue weighted by molar-refractivity contribution is -0.117. The Morgan fingerprint density at radius 2 is 1.72 bits per heavy atom. The quantitative estimate of drug-likeness (QED) is 0.564. The molecule has 2 aromatic carbocycles. The maximum atomic E-state index is 11.7. The first-order valence-electron chi connectivity index (χ1n) is 9.91. The first-order chi connectivity index (χ1) is 14.1. The Hall–Kier alpha value is -3.28. The summed E-state index contributed by atoms with van der Waals surface area (Å²) in [5, 5.41) is 4.37. The molecule has 29 heavy (non-hydrogen) atoms. The molecule has 0 fully saturated rings. The van der Waals surface area contributed by atoms with Crippen LogP contribution in [0, 0.1) is 0 Å². The fraction of sp³-hybridized carbons (Fsp3) is 0.304. The van der Waals surface area contributed by atoms with Crippen molar-refractivity contribution in [3.8, 4) is 11.5 Å². The molecule has 0 aliphatic carbocycles. The van der Waals surface area contributed by atoms with E-state index in [4.69, 9.17) is 15.2 Å². The number of pyridine rings is 1. The predicted molar refractivity (Wildman–Crippen MR) is 116 cm³/mol. The van der Waals surface area contributed by atoms with Crippen molar-refractivity contribution in [2.75, 3.05) is 18.5 Å². The SMILES string of the molecule is CCOc1cc2ncc(CC(N)=O)c(Nc3ccccc3CC)c2cc1OCC. The maximum Gasteiger partial charge on any atom is 0.221 e. The van der Waals surface area contributed by atoms with Gasteiger partial charge >= 0.3 is 0 Å². The minimum absolute atomic E-state index is 0.0940. The van der Waals surface area contributed by atoms with Crippen LogP contribution in [-0.4, -0.2) is 24.1 Å². The molecule has 0 saturated carbocycles. The van der Waals surface area contributed by atoms with E-state index in [0.717, 1.165) is 34.3 Å². The van der Waals surface area contributed by atoms with E-state index in [2.05, 4.69) is 23.3 Å². The van der Waals surface area contributed by atoms with Gasteiger partial charge in [0.15, 0.2) is 11.5 Å². The molecule has 0 aliphatic rings. The fourth-order valence-corrected chi connectivity index (χ4v) is 3.33. The number of aryl methyl sites for hydroxylation is 1. The second kappa shape index (κ2) is 9.28. The van der Waals surface area contributed by atoms with Crippen molar-refractivity contribution in [2.45, 2.75) is 33.6 Å². The molecule has 1 amide bonds. The Bertz CT molecular complexity index is 1020. The number of primary amides is 1. The molecule has 6 heteroatoms. The summed E-state index contributed by atoms with van der Waals surface area (Å²) in [6, 6.07) is 11.9. The Balaban J connectivity index is 2.21. The number of rotatable bonds is 9. The summed E-state index contributed by atoms with van der Waals surface area (Å²) in [5.41, 5.74) is 9.95. The monoisotopic (exact) mass is 393 g/mol. The smallest absolute Gasteiger partial charge is 0.221 e. The Kier molecular flexibility index (Phi) is 6.54. The van der Waals surface area contributed by atoms with Gasteiger partial charge in [0.25, 0.3) is 0 Å². The van der Waals surface area contributed by atoms with E-state index in [1.165, 1.54) is 5.56 Å². The van der Waals surface area contributed by atoms with Crippen molar-refractivity contribution >= 4 is 28.2 Å². The molecule has 1 heterocycles. The Morgan fingerprint density at radius 3 is 2.38 bits per heavy atom. The normalized spacial score (nSPS) is 10.7. The number of carbonyl (C=O) groups is 1. The molecular weight excluding hydrogens is 366 g/mol. The highest BCUT2D eigenvalue weighted by atomic mass is 16.5. The summed E-state index contributed by atoms with van der Waals surface area (Å²) in [7, 11) is 0. The number of nitrogens with zero attached hydrogens (tertiary/aromatic N) is 1. The maximum absolute atomic E-state index is 11.7. The molecule has 0 atom stereocenters. The van der Waals surface area contributed by atoms with Crippen LogP contribution in [0.1, 0.15) is 31.9 Å². The van der Waals surface area contributed by atoms with Gasteiger partial charge in [0.1, 0.15) is 0 Å². The van der Waals surface area contributed by atoms with E-state index in [-0.39, 0.29) is 6.42 Å². The number of ether oxygens (including phenoxy) is 2. The average Bonchev–Trinajstić information content (AvgIpc) is 2.71. The van der Waals surface area contributed by atoms with Gasteiger partial charge in [0.05, 0.1) is 30.8 Å². The molecule has 0 radical (unpaired) electrons. The lowest BCUT2D eigenvalue weighted by Crippen LogP contribution is -2.15. The number of hydrogen-bond donors (Lipinski definition) is 2. The lowest BCUT2D eigenvalue weighted by Gasteiger charge is -2.18. The van der Waals surface area contributed by atoms with Gasteiger partial charge in [-0.15, -0.1) is 0 Å². The van der Waals surface area contributed by atoms with Gasteiger partial charge in [-0.2, -0.15) is 0 Å². The number of hydrogen-bond acceptors (Lipinski definition) is 5. The second-order valence-corrected chi connectivity index (χ2v) is 6.62. The summed E-state index contributed by atoms with van der Waals surface area (Å²) in [5.74, 6) is 0.887. The van der Waals surface area contributed by atoms with Crippen LogP contribution in [0.4, 0.5) is 11.4 Å². The number of amides is 1. The third kappa shape index (κ3) is 4.59. The van der Waals surface area contributed by atoms with Crippen molar-refractivity contribution < 1.29 is 14.3 Å². The zero-order chi connectivity index (χ0) is 20.8. The molecule has 3 rings (SSSR count). The first-order valence-corrected chi connectivity index (χ1v) is 9.91. The van der Waals surface area contributed by atoms with E-state index >= 15 is 0 Å². The number of benzene rings is 2. The zero-order valence-corrected chi connectivity index (χ0v) is 17.1. The molecule has 3 N–H and O–H groups in total. The largest absolute Gasteiger partial charge is 0.490 e. The fourth-order valence-electron chi connectivity index (χ4n) is 3.33. The van der Waals surface area contributed by atoms with Gasteiger partial charge in [-0.25, -0.2) is 0 Å². The number of nitrogens with one attached hydrogen (secondary N) is 1. The molecule has 0 aliphatic heterocycles. The van der Waals surface area contributed by atoms with Gasteiger partial charge in [-0.3, -0.25) is 9.78 Å². The van der Waals surface area contributed by atoms with Gasteiger partial charge in [-0.1, -0.05) is 25.1 Å². The predicted octanol–water partition coefficient (Wildman–Crippen LogP) is 4.37. The highest BCUT2D eigenvalue weighted by molar-refractivity contribution is 5.98. The van der Waals surface area contributed by atoms with Gasteiger partial charge in [-0.05, 0) is 38.0 Å². The van der Waals surface area contributed by atoms with Crippen LogP contribution in [0.2, 0.25) is 0 Å². The summed E-state index contributed by atoms with van der Waals surface area (Å²) in [4.78, 5) is 16.2. The number of aromatic nitrogens is 1. The van der Waals surface area contributed by atoms with Crippen LogP contribution in [0.25, 0.3) is 10.9 Å². The van der Waals surface area contributed by atoms with E-state index in [1.807, 2.05) is 44.2 Å². The molecule has 0 unspecified atom stereocenters. The van der Waals surface area contributed by atoms with Gasteiger partial charge < -0.3 is 20.5 Å². The van der Waals surface area contributed by atoms with E-state index in [1.54, 1.807) is 6.20 Å². The number of nitrogens with two attached hydrogens (primary N) is 1. The number of carbonyl (C=O) groups excluding carboxylic acids is 1. The van der Waals surface area contributed by atoms with Crippen LogP contribution in [-0.2, 0) is 17.6 Å². The van der Waals surface area contributed by atoms with Crippen molar-refractivity contribution in [3.63, 3.8) is 0 Å². The molecule has 3 aromatic rings. The summed E-state index contributed by atoms with van der Waals surface area (Å²) in [6.07, 6.45) is 2.67. The highest BCUT2D eigenvalue weighted by Crippen LogP contribution is 2.38. The van der Waals surface area contributed by atoms with E-state index < -0.39 is 5.91 Å². The standard InChI is InChI=1S/C23H27N3O3/c1-4-15-9-7-8-10-18(15)26-23-16(11-22(24)27)14-25-19-13-21(29-6-3)20(28-5-2)12-17(19)23/h7-10,12-14H,4-6,11H2,1-3H3,(H2,24,27)(H,25,26). The first kappa shape index (κ1) is 20.5. The zero-order valence-electron chi connectivity index (χ0n) is 17.1. The molecule has 6 nitrogen and oxygen atoms in total. The molecule has 152 valence electrons. The van der Waals surface area contributed by atoms with Crippen molar-refractivity contribution in [1.29, 1.82) is 0 Å². The molecule has 1 aromatic heterocycles. The molecule has 0 bridgehead atoms. The number of fused-ring (bicyclic) bond motifs is 1. The van der Waals surface area contributed by atoms with Crippen LogP contribution in [0.15, 0.2) is 42.6 Å². The highest BCUT2D eigenvalue weighted by Gasteiger charge is 2.16. The number of anilines is 2. The van der Waals surface area contributed by atoms with Crippen LogP contribution in [0.3, 0.4) is 0 Å². The summed E-state index contributed by atoms with van der Waals surface area (Å²) >= 11 is 0. The average molecular weight is 393 g/mol. The third-order valence-corrected chi connectivity index (χ3v) is 4.63. The topological polar surface area (TPSA) is 86.5 Å². The van der Waals surface area contributed by atoms with Crippen molar-refractivity contribution in [3.05, 3.63) is 53.7 Å². The summed E-state index contributed by atoms with van der Waals surface area (Å²) < 4.78 is 11.5. The second-order valence-electron chi connectivity index (χ2n) is 6.62.